The Morgan fingerprint density at radius 2 is 0.960 bits per heavy atom. The molecular weight excluding hydrogens is 366 g/mol. The van der Waals surface area contributed by atoms with Crippen LogP contribution < -0.4 is 103 Å². The number of carbonyl (C=O) groups excluding carboxylic acids is 2. The topological polar surface area (TPSA) is 43.4 Å². The summed E-state index contributed by atoms with van der Waals surface area (Å²) in [6.45, 7) is 3.53. The van der Waals surface area contributed by atoms with E-state index in [1.54, 1.807) is 0 Å². The van der Waals surface area contributed by atoms with Gasteiger partial charge >= 0.3 is 115 Å². The van der Waals surface area contributed by atoms with Crippen molar-refractivity contribution in [2.45, 2.75) is 117 Å². The SMILES string of the molecule is CCCCCCCCCCCCCCCCCC(=O)OC(C)=O.[H-].[H-].[K+].[K+]. The number of rotatable bonds is 16. The first-order chi connectivity index (χ1) is 11.2. The number of carbonyl (C=O) groups is 2. The van der Waals surface area contributed by atoms with Crippen LogP contribution in [0, 0.1) is 0 Å². The van der Waals surface area contributed by atoms with Gasteiger partial charge in [-0.3, -0.25) is 9.59 Å². The first-order valence-corrected chi connectivity index (χ1v) is 9.88. The molecule has 0 aromatic heterocycles. The molecule has 3 nitrogen and oxygen atoms in total. The van der Waals surface area contributed by atoms with Crippen LogP contribution in [0.4, 0.5) is 0 Å². The van der Waals surface area contributed by atoms with Gasteiger partial charge in [-0.2, -0.15) is 0 Å². The molecule has 0 rings (SSSR count). The summed E-state index contributed by atoms with van der Waals surface area (Å²) in [7, 11) is 0. The minimum atomic E-state index is -0.504. The van der Waals surface area contributed by atoms with E-state index < -0.39 is 5.97 Å². The molecule has 0 aliphatic heterocycles. The average molecular weight is 407 g/mol. The predicted octanol–water partition coefficient (Wildman–Crippen LogP) is 0.571. The van der Waals surface area contributed by atoms with E-state index in [9.17, 15) is 9.59 Å². The summed E-state index contributed by atoms with van der Waals surface area (Å²) in [6, 6.07) is 0. The molecule has 0 fully saturated rings. The van der Waals surface area contributed by atoms with Crippen LogP contribution in [0.2, 0.25) is 0 Å². The Hall–Kier alpha value is 2.41. The fraction of sp³-hybridized carbons (Fsp3) is 0.900. The van der Waals surface area contributed by atoms with Crippen molar-refractivity contribution in [2.75, 3.05) is 0 Å². The monoisotopic (exact) mass is 406 g/mol. The minimum Gasteiger partial charge on any atom is -1.00 e. The van der Waals surface area contributed by atoms with E-state index in [0.29, 0.717) is 6.42 Å². The molecule has 0 saturated carbocycles. The van der Waals surface area contributed by atoms with E-state index in [2.05, 4.69) is 11.7 Å². The van der Waals surface area contributed by atoms with Gasteiger partial charge in [-0.15, -0.1) is 0 Å². The van der Waals surface area contributed by atoms with Gasteiger partial charge in [0.15, 0.2) is 0 Å². The molecule has 25 heavy (non-hydrogen) atoms. The number of ether oxygens (including phenoxy) is 1. The van der Waals surface area contributed by atoms with Crippen molar-refractivity contribution in [3.63, 3.8) is 0 Å². The summed E-state index contributed by atoms with van der Waals surface area (Å²) in [4.78, 5) is 21.7. The Morgan fingerprint density at radius 1 is 0.640 bits per heavy atom. The van der Waals surface area contributed by atoms with Crippen molar-refractivity contribution in [1.82, 2.24) is 0 Å². The molecular formula is C20H40K2O3. The van der Waals surface area contributed by atoms with Crippen LogP contribution in [0.25, 0.3) is 0 Å². The number of hydrogen-bond acceptors (Lipinski definition) is 3. The van der Waals surface area contributed by atoms with E-state index in [4.69, 9.17) is 0 Å². The molecule has 0 unspecified atom stereocenters. The summed E-state index contributed by atoms with van der Waals surface area (Å²) >= 11 is 0. The predicted molar refractivity (Wildman–Crippen MR) is 98.5 cm³/mol. The van der Waals surface area contributed by atoms with Gasteiger partial charge < -0.3 is 7.59 Å². The molecule has 0 aliphatic rings. The van der Waals surface area contributed by atoms with Gasteiger partial charge in [0, 0.05) is 13.3 Å². The Kier molecular flexibility index (Phi) is 33.9. The third-order valence-corrected chi connectivity index (χ3v) is 4.24. The summed E-state index contributed by atoms with van der Waals surface area (Å²) in [5.74, 6) is -0.886. The second kappa shape index (κ2) is 26.4. The molecule has 0 aromatic carbocycles. The average Bonchev–Trinajstić information content (AvgIpc) is 2.50. The summed E-state index contributed by atoms with van der Waals surface area (Å²) in [5, 5.41) is 0. The van der Waals surface area contributed by atoms with E-state index in [-0.39, 0.29) is 112 Å². The molecule has 0 aromatic rings. The molecule has 0 bridgehead atoms. The third-order valence-electron chi connectivity index (χ3n) is 4.24. The maximum absolute atomic E-state index is 11.1. The number of unbranched alkanes of at least 4 members (excludes halogenated alkanes) is 14. The zero-order valence-electron chi connectivity index (χ0n) is 19.5. The van der Waals surface area contributed by atoms with Gasteiger partial charge in [0.2, 0.25) is 0 Å². The molecule has 0 spiro atoms. The minimum absolute atomic E-state index is 0. The quantitative estimate of drug-likeness (QED) is 0.163. The van der Waals surface area contributed by atoms with E-state index in [1.807, 2.05) is 0 Å². The van der Waals surface area contributed by atoms with Gasteiger partial charge in [0.25, 0.3) is 0 Å². The van der Waals surface area contributed by atoms with Gasteiger partial charge in [-0.1, -0.05) is 96.8 Å². The number of hydrogen-bond donors (Lipinski definition) is 0. The second-order valence-electron chi connectivity index (χ2n) is 6.67. The van der Waals surface area contributed by atoms with Crippen LogP contribution in [0.5, 0.6) is 0 Å². The van der Waals surface area contributed by atoms with Crippen LogP contribution >= 0.6 is 0 Å². The van der Waals surface area contributed by atoms with Crippen molar-refractivity contribution in [1.29, 1.82) is 0 Å². The molecule has 0 aliphatic carbocycles. The zero-order chi connectivity index (χ0) is 17.2. The van der Waals surface area contributed by atoms with Crippen molar-refractivity contribution >= 4 is 11.9 Å². The molecule has 0 heterocycles. The van der Waals surface area contributed by atoms with E-state index in [0.717, 1.165) is 12.8 Å². The molecule has 0 atom stereocenters. The van der Waals surface area contributed by atoms with Crippen LogP contribution in [0.1, 0.15) is 119 Å². The van der Waals surface area contributed by atoms with Crippen molar-refractivity contribution in [3.8, 4) is 0 Å². The maximum atomic E-state index is 11.1. The standard InChI is InChI=1S/C20H38O3.2K.2H/c1-3-4-5-6-7-8-9-10-11-12-13-14-15-16-17-18-20(22)23-19(2)21;;;;/h3-18H2,1-2H3;;;;/q;2*+1;2*-1. The van der Waals surface area contributed by atoms with Crippen LogP contribution in [0.15, 0.2) is 0 Å². The Labute approximate surface area is 244 Å². The Morgan fingerprint density at radius 3 is 1.28 bits per heavy atom. The first kappa shape index (κ1) is 32.1. The second-order valence-corrected chi connectivity index (χ2v) is 6.67. The van der Waals surface area contributed by atoms with Gasteiger partial charge in [-0.25, -0.2) is 0 Å². The molecule has 0 radical (unpaired) electrons. The fourth-order valence-electron chi connectivity index (χ4n) is 2.85. The largest absolute Gasteiger partial charge is 1.00 e. The van der Waals surface area contributed by atoms with Crippen LogP contribution in [-0.4, -0.2) is 11.9 Å². The van der Waals surface area contributed by atoms with Crippen LogP contribution in [-0.2, 0) is 14.3 Å². The Balaban J connectivity index is -0.000000403. The molecule has 0 N–H and O–H groups in total. The normalized spacial score (nSPS) is 9.84. The van der Waals surface area contributed by atoms with Crippen LogP contribution in [0.3, 0.4) is 0 Å². The maximum Gasteiger partial charge on any atom is 1.00 e. The third kappa shape index (κ3) is 28.7. The zero-order valence-corrected chi connectivity index (χ0v) is 23.8. The summed E-state index contributed by atoms with van der Waals surface area (Å²) in [6.07, 6.45) is 20.0. The summed E-state index contributed by atoms with van der Waals surface area (Å²) < 4.78 is 4.49. The van der Waals surface area contributed by atoms with E-state index in [1.165, 1.54) is 90.4 Å². The van der Waals surface area contributed by atoms with Crippen molar-refractivity contribution in [3.05, 3.63) is 0 Å². The fourth-order valence-corrected chi connectivity index (χ4v) is 2.85. The summed E-state index contributed by atoms with van der Waals surface area (Å²) in [5.41, 5.74) is 0. The van der Waals surface area contributed by atoms with Gasteiger partial charge in [0.1, 0.15) is 0 Å². The molecule has 0 saturated heterocycles. The molecule has 5 heteroatoms. The molecule has 0 amide bonds. The van der Waals surface area contributed by atoms with Crippen molar-refractivity contribution < 1.29 is 120 Å². The van der Waals surface area contributed by atoms with Gasteiger partial charge in [-0.05, 0) is 6.42 Å². The number of esters is 2. The van der Waals surface area contributed by atoms with E-state index >= 15 is 0 Å². The van der Waals surface area contributed by atoms with Crippen molar-refractivity contribution in [2.24, 2.45) is 0 Å². The van der Waals surface area contributed by atoms with Gasteiger partial charge in [0.05, 0.1) is 0 Å². The smallest absolute Gasteiger partial charge is 1.00 e. The first-order valence-electron chi connectivity index (χ1n) is 9.88. The Bertz CT molecular complexity index is 307. The molecule has 140 valence electrons.